The summed E-state index contributed by atoms with van der Waals surface area (Å²) in [6, 6.07) is -0.646. The molecule has 1 amide bonds. The Hall–Kier alpha value is -2.43. The fraction of sp³-hybridized carbons (Fsp3) is 0.769. The monoisotopic (exact) mass is 960 g/mol. The molecule has 4 heteroatoms. The van der Waals surface area contributed by atoms with Gasteiger partial charge in [0.05, 0.1) is 18.8 Å². The van der Waals surface area contributed by atoms with Crippen molar-refractivity contribution in [3.63, 3.8) is 0 Å². The van der Waals surface area contributed by atoms with Crippen LogP contribution in [-0.2, 0) is 4.79 Å². The minimum Gasteiger partial charge on any atom is -0.394 e. The van der Waals surface area contributed by atoms with Crippen molar-refractivity contribution in [1.82, 2.24) is 5.32 Å². The second-order valence-electron chi connectivity index (χ2n) is 20.4. The molecule has 0 aromatic carbocycles. The van der Waals surface area contributed by atoms with Crippen LogP contribution in [0.15, 0.2) is 85.1 Å². The number of aliphatic hydroxyl groups is 2. The molecule has 0 aromatic rings. The second-order valence-corrected chi connectivity index (χ2v) is 20.4. The van der Waals surface area contributed by atoms with Crippen molar-refractivity contribution in [3.05, 3.63) is 85.1 Å². The topological polar surface area (TPSA) is 69.6 Å². The van der Waals surface area contributed by atoms with E-state index in [0.29, 0.717) is 6.42 Å². The van der Waals surface area contributed by atoms with Gasteiger partial charge >= 0.3 is 0 Å². The van der Waals surface area contributed by atoms with Gasteiger partial charge in [-0.15, -0.1) is 0 Å². The maximum absolute atomic E-state index is 12.5. The van der Waals surface area contributed by atoms with Crippen LogP contribution in [0.25, 0.3) is 0 Å². The number of rotatable bonds is 55. The summed E-state index contributed by atoms with van der Waals surface area (Å²) in [5.41, 5.74) is 0. The van der Waals surface area contributed by atoms with Crippen molar-refractivity contribution in [3.8, 4) is 0 Å². The average Bonchev–Trinajstić information content (AvgIpc) is 3.35. The number of carbonyl (C=O) groups excluding carboxylic acids is 1. The lowest BCUT2D eigenvalue weighted by Crippen LogP contribution is -2.45. The fourth-order valence-electron chi connectivity index (χ4n) is 9.03. The Morgan fingerprint density at radius 3 is 1.01 bits per heavy atom. The van der Waals surface area contributed by atoms with Crippen LogP contribution in [0.3, 0.4) is 0 Å². The first-order valence-electron chi connectivity index (χ1n) is 30.3. The van der Waals surface area contributed by atoms with Gasteiger partial charge in [0.25, 0.3) is 0 Å². The molecule has 0 heterocycles. The molecule has 0 aliphatic heterocycles. The Kier molecular flexibility index (Phi) is 57.8. The zero-order valence-electron chi connectivity index (χ0n) is 46.1. The molecule has 0 bridgehead atoms. The highest BCUT2D eigenvalue weighted by atomic mass is 16.3. The molecule has 0 saturated carbocycles. The van der Waals surface area contributed by atoms with Gasteiger partial charge in [0.2, 0.25) is 5.91 Å². The highest BCUT2D eigenvalue weighted by Crippen LogP contribution is 2.17. The lowest BCUT2D eigenvalue weighted by molar-refractivity contribution is -0.123. The summed E-state index contributed by atoms with van der Waals surface area (Å²) in [6.07, 6.45) is 87.8. The molecule has 3 N–H and O–H groups in total. The van der Waals surface area contributed by atoms with Crippen LogP contribution in [0.2, 0.25) is 0 Å². The molecule has 400 valence electrons. The summed E-state index contributed by atoms with van der Waals surface area (Å²) < 4.78 is 0. The lowest BCUT2D eigenvalue weighted by atomic mass is 10.0. The molecule has 0 radical (unpaired) electrons. The highest BCUT2D eigenvalue weighted by molar-refractivity contribution is 5.76. The predicted octanol–water partition coefficient (Wildman–Crippen LogP) is 20.3. The van der Waals surface area contributed by atoms with Gasteiger partial charge in [-0.2, -0.15) is 0 Å². The largest absolute Gasteiger partial charge is 0.394 e. The van der Waals surface area contributed by atoms with Gasteiger partial charge in [0.15, 0.2) is 0 Å². The number of nitrogens with one attached hydrogen (secondary N) is 1. The molecule has 0 aliphatic rings. The van der Waals surface area contributed by atoms with Crippen molar-refractivity contribution in [1.29, 1.82) is 0 Å². The molecule has 0 saturated heterocycles. The van der Waals surface area contributed by atoms with Gasteiger partial charge in [-0.3, -0.25) is 4.79 Å². The van der Waals surface area contributed by atoms with E-state index in [1.807, 2.05) is 6.08 Å². The molecule has 69 heavy (non-hydrogen) atoms. The van der Waals surface area contributed by atoms with Crippen LogP contribution in [0, 0.1) is 0 Å². The van der Waals surface area contributed by atoms with Gasteiger partial charge in [0.1, 0.15) is 0 Å². The molecule has 2 unspecified atom stereocenters. The molecule has 0 rings (SSSR count). The van der Waals surface area contributed by atoms with Crippen LogP contribution in [0.1, 0.15) is 303 Å². The molecule has 2 atom stereocenters. The maximum atomic E-state index is 12.5. The van der Waals surface area contributed by atoms with E-state index < -0.39 is 12.1 Å². The summed E-state index contributed by atoms with van der Waals surface area (Å²) in [5.74, 6) is -0.0750. The molecule has 0 aliphatic carbocycles. The lowest BCUT2D eigenvalue weighted by Gasteiger charge is -2.19. The number of aliphatic hydroxyl groups excluding tert-OH is 2. The van der Waals surface area contributed by atoms with E-state index in [-0.39, 0.29) is 12.5 Å². The normalized spacial score (nSPS) is 13.4. The Bertz CT molecular complexity index is 1230. The molecule has 0 spiro atoms. The van der Waals surface area contributed by atoms with E-state index in [1.54, 1.807) is 6.08 Å². The highest BCUT2D eigenvalue weighted by Gasteiger charge is 2.18. The Morgan fingerprint density at radius 2 is 0.652 bits per heavy atom. The summed E-state index contributed by atoms with van der Waals surface area (Å²) >= 11 is 0. The van der Waals surface area contributed by atoms with Crippen LogP contribution < -0.4 is 5.32 Å². The van der Waals surface area contributed by atoms with E-state index in [2.05, 4.69) is 92.1 Å². The number of hydrogen-bond acceptors (Lipinski definition) is 3. The van der Waals surface area contributed by atoms with Gasteiger partial charge in [-0.1, -0.05) is 298 Å². The van der Waals surface area contributed by atoms with Crippen LogP contribution in [-0.4, -0.2) is 34.9 Å². The summed E-state index contributed by atoms with van der Waals surface area (Å²) in [5, 5.41) is 23.1. The van der Waals surface area contributed by atoms with Crippen molar-refractivity contribution in [2.45, 2.75) is 315 Å². The molecular formula is C65H117NO3. The van der Waals surface area contributed by atoms with Gasteiger partial charge in [-0.05, 0) is 83.5 Å². The Balaban J connectivity index is 3.42. The van der Waals surface area contributed by atoms with E-state index in [0.717, 1.165) is 64.2 Å². The third-order valence-corrected chi connectivity index (χ3v) is 13.6. The van der Waals surface area contributed by atoms with Crippen LogP contribution >= 0.6 is 0 Å². The zero-order chi connectivity index (χ0) is 49.9. The molecular weight excluding hydrogens is 843 g/mol. The number of unbranched alkanes of at least 4 members (excludes halogenated alkanes) is 36. The number of amides is 1. The third-order valence-electron chi connectivity index (χ3n) is 13.6. The number of carbonyl (C=O) groups is 1. The Morgan fingerprint density at radius 1 is 0.362 bits per heavy atom. The van der Waals surface area contributed by atoms with Crippen molar-refractivity contribution in [2.75, 3.05) is 6.61 Å². The van der Waals surface area contributed by atoms with E-state index in [4.69, 9.17) is 0 Å². The number of allylic oxidation sites excluding steroid dienone is 13. The predicted molar refractivity (Wildman–Crippen MR) is 308 cm³/mol. The first-order valence-corrected chi connectivity index (χ1v) is 30.3. The first kappa shape index (κ1) is 66.6. The number of hydrogen-bond donors (Lipinski definition) is 3. The fourth-order valence-corrected chi connectivity index (χ4v) is 9.03. The van der Waals surface area contributed by atoms with Crippen LogP contribution in [0.5, 0.6) is 0 Å². The summed E-state index contributed by atoms with van der Waals surface area (Å²) in [4.78, 5) is 12.5. The average molecular weight is 961 g/mol. The van der Waals surface area contributed by atoms with Crippen LogP contribution in [0.4, 0.5) is 0 Å². The molecule has 4 nitrogen and oxygen atoms in total. The van der Waals surface area contributed by atoms with Gasteiger partial charge < -0.3 is 15.5 Å². The minimum atomic E-state index is -0.871. The second kappa shape index (κ2) is 59.9. The van der Waals surface area contributed by atoms with Crippen molar-refractivity contribution < 1.29 is 15.0 Å². The van der Waals surface area contributed by atoms with E-state index in [9.17, 15) is 15.0 Å². The Labute approximate surface area is 431 Å². The van der Waals surface area contributed by atoms with Gasteiger partial charge in [0, 0.05) is 6.42 Å². The van der Waals surface area contributed by atoms with Gasteiger partial charge in [-0.25, -0.2) is 0 Å². The third kappa shape index (κ3) is 56.4. The summed E-state index contributed by atoms with van der Waals surface area (Å²) in [7, 11) is 0. The molecule has 0 fully saturated rings. The maximum Gasteiger partial charge on any atom is 0.220 e. The summed E-state index contributed by atoms with van der Waals surface area (Å²) in [6.45, 7) is 4.18. The minimum absolute atomic E-state index is 0.0750. The van der Waals surface area contributed by atoms with E-state index >= 15 is 0 Å². The SMILES string of the molecule is CC/C=C\C/C=C\C/C=C\C/C=C\CCCCCCCCCCCCCCCCCCCCCCCCCCCCCCC(=O)NC(CO)C(O)/C=C/CC/C=C/CC/C=C/CCCCCCCC. The van der Waals surface area contributed by atoms with E-state index in [1.165, 1.54) is 218 Å². The standard InChI is InChI=1S/C65H117NO3/c1-3-5-7-9-11-13-15-17-19-21-22-23-24-25-26-27-28-29-30-31-32-33-34-35-36-37-38-39-40-41-42-43-44-45-47-49-51-53-55-57-59-61-65(69)66-63(62-67)64(68)60-58-56-54-52-50-48-46-20-18-16-14-12-10-8-6-4-2/h5,7,11,13,17-20,22-23,50,52,58,60,63-64,67-68H,3-4,6,8-10,12,14-16,21,24-49,51,53-57,59,61-62H2,1-2H3,(H,66,69)/b7-5-,13-11-,19-17-,20-18+,23-22-,52-50+,60-58+. The van der Waals surface area contributed by atoms with Crippen molar-refractivity contribution in [2.24, 2.45) is 0 Å². The molecule has 0 aromatic heterocycles. The zero-order valence-corrected chi connectivity index (χ0v) is 46.1. The first-order chi connectivity index (χ1) is 34.2. The van der Waals surface area contributed by atoms with Crippen molar-refractivity contribution >= 4 is 5.91 Å². The quantitative estimate of drug-likeness (QED) is 0.0420. The smallest absolute Gasteiger partial charge is 0.220 e.